The number of hydrogen-bond donors (Lipinski definition) is 4. The maximum Gasteiger partial charge on any atom is 0.305 e. The highest BCUT2D eigenvalue weighted by Gasteiger charge is 2.26. The summed E-state index contributed by atoms with van der Waals surface area (Å²) in [6.07, 6.45) is -2.19. The number of carboxylic acids is 1. The molecule has 1 aromatic heterocycles. The first-order valence-corrected chi connectivity index (χ1v) is 13.5. The molecule has 3 aromatic rings. The van der Waals surface area contributed by atoms with E-state index < -0.39 is 30.4 Å². The topological polar surface area (TPSA) is 134 Å². The second-order valence-electron chi connectivity index (χ2n) is 10.1. The SMILES string of the molecule is CCOCc1cccc(CNC(=O)c2nn(-c3ccc(F)cc3)c(CC[C@@H](O)C[C@@H](O)CC(=O)O)c2C(C)C)c1. The predicted octanol–water partition coefficient (Wildman–Crippen LogP) is 4.12. The van der Waals surface area contributed by atoms with Gasteiger partial charge < -0.3 is 25.4 Å². The van der Waals surface area contributed by atoms with Crippen LogP contribution in [0, 0.1) is 5.82 Å². The van der Waals surface area contributed by atoms with Gasteiger partial charge in [0.15, 0.2) is 5.69 Å². The number of carbonyl (C=O) groups excluding carboxylic acids is 1. The first kappa shape index (κ1) is 30.9. The molecule has 0 aliphatic heterocycles. The van der Waals surface area contributed by atoms with E-state index in [9.17, 15) is 24.2 Å². The number of amides is 1. The van der Waals surface area contributed by atoms with Gasteiger partial charge in [0.05, 0.1) is 30.9 Å². The number of aromatic nitrogens is 2. The van der Waals surface area contributed by atoms with Crippen LogP contribution < -0.4 is 5.32 Å². The number of hydrogen-bond acceptors (Lipinski definition) is 6. The molecule has 0 radical (unpaired) electrons. The maximum atomic E-state index is 13.7. The Balaban J connectivity index is 1.87. The number of benzene rings is 2. The standard InChI is InChI=1S/C30H38FN3O6/c1-4-40-18-21-7-5-6-20(14-21)17-32-30(39)29-28(19(2)3)26(13-12-24(35)15-25(36)16-27(37)38)34(33-29)23-10-8-22(31)9-11-23/h5-11,14,19,24-25,35-36H,4,12-13,15-18H2,1-3H3,(H,32,39)(H,37,38)/t24-,25-/m1/s1. The maximum absolute atomic E-state index is 13.7. The number of halogens is 1. The molecule has 2 aromatic carbocycles. The van der Waals surface area contributed by atoms with Gasteiger partial charge in [-0.15, -0.1) is 0 Å². The first-order valence-electron chi connectivity index (χ1n) is 13.5. The van der Waals surface area contributed by atoms with Crippen LogP contribution in [0.25, 0.3) is 5.69 Å². The first-order chi connectivity index (χ1) is 19.1. The normalized spacial score (nSPS) is 12.9. The molecule has 0 bridgehead atoms. The third-order valence-corrected chi connectivity index (χ3v) is 6.47. The number of aliphatic hydroxyl groups excluding tert-OH is 2. The van der Waals surface area contributed by atoms with E-state index in [1.165, 1.54) is 12.1 Å². The zero-order valence-electron chi connectivity index (χ0n) is 23.1. The highest BCUT2D eigenvalue weighted by molar-refractivity contribution is 5.94. The van der Waals surface area contributed by atoms with E-state index in [1.54, 1.807) is 16.8 Å². The zero-order valence-corrected chi connectivity index (χ0v) is 23.1. The number of carbonyl (C=O) groups is 2. The molecule has 0 aliphatic rings. The molecule has 4 N–H and O–H groups in total. The van der Waals surface area contributed by atoms with Gasteiger partial charge >= 0.3 is 5.97 Å². The van der Waals surface area contributed by atoms with Gasteiger partial charge in [-0.25, -0.2) is 9.07 Å². The summed E-state index contributed by atoms with van der Waals surface area (Å²) in [7, 11) is 0. The Morgan fingerprint density at radius 1 is 1.07 bits per heavy atom. The number of nitrogens with zero attached hydrogens (tertiary/aromatic N) is 2. The van der Waals surface area contributed by atoms with E-state index in [-0.39, 0.29) is 36.9 Å². The summed E-state index contributed by atoms with van der Waals surface area (Å²) in [6, 6.07) is 13.5. The molecule has 1 heterocycles. The van der Waals surface area contributed by atoms with Crippen LogP contribution in [0.4, 0.5) is 4.39 Å². The summed E-state index contributed by atoms with van der Waals surface area (Å²) in [6.45, 7) is 7.19. The molecule has 0 fully saturated rings. The van der Waals surface area contributed by atoms with Crippen LogP contribution in [0.2, 0.25) is 0 Å². The van der Waals surface area contributed by atoms with Gasteiger partial charge in [-0.2, -0.15) is 5.10 Å². The summed E-state index contributed by atoms with van der Waals surface area (Å²) < 4.78 is 20.7. The quantitative estimate of drug-likeness (QED) is 0.222. The predicted molar refractivity (Wildman–Crippen MR) is 148 cm³/mol. The van der Waals surface area contributed by atoms with Gasteiger partial charge in [-0.3, -0.25) is 9.59 Å². The van der Waals surface area contributed by atoms with Gasteiger partial charge in [-0.1, -0.05) is 38.1 Å². The third-order valence-electron chi connectivity index (χ3n) is 6.47. The summed E-state index contributed by atoms with van der Waals surface area (Å²) in [4.78, 5) is 24.3. The van der Waals surface area contributed by atoms with Crippen LogP contribution in [-0.4, -0.2) is 55.8 Å². The zero-order chi connectivity index (χ0) is 29.2. The van der Waals surface area contributed by atoms with Crippen molar-refractivity contribution in [2.75, 3.05) is 6.61 Å². The summed E-state index contributed by atoms with van der Waals surface area (Å²) >= 11 is 0. The van der Waals surface area contributed by atoms with Crippen molar-refractivity contribution in [3.05, 3.63) is 82.4 Å². The van der Waals surface area contributed by atoms with Crippen molar-refractivity contribution in [3.8, 4) is 5.69 Å². The molecule has 3 rings (SSSR count). The lowest BCUT2D eigenvalue weighted by Gasteiger charge is -2.16. The Kier molecular flexibility index (Phi) is 11.4. The lowest BCUT2D eigenvalue weighted by Crippen LogP contribution is -2.25. The molecule has 10 heteroatoms. The van der Waals surface area contributed by atoms with Crippen LogP contribution in [0.5, 0.6) is 0 Å². The van der Waals surface area contributed by atoms with Crippen LogP contribution in [0.15, 0.2) is 48.5 Å². The van der Waals surface area contributed by atoms with Crippen molar-refractivity contribution in [2.24, 2.45) is 0 Å². The molecule has 0 spiro atoms. The average Bonchev–Trinajstić information content (AvgIpc) is 3.29. The molecule has 0 unspecified atom stereocenters. The van der Waals surface area contributed by atoms with Crippen molar-refractivity contribution >= 4 is 11.9 Å². The third kappa shape index (κ3) is 8.70. The lowest BCUT2D eigenvalue weighted by atomic mass is 9.95. The van der Waals surface area contributed by atoms with Crippen molar-refractivity contribution in [1.82, 2.24) is 15.1 Å². The molecule has 0 saturated carbocycles. The van der Waals surface area contributed by atoms with Gasteiger partial charge in [0.25, 0.3) is 5.91 Å². The molecule has 0 aliphatic carbocycles. The van der Waals surface area contributed by atoms with Crippen LogP contribution in [-0.2, 0) is 29.1 Å². The van der Waals surface area contributed by atoms with Crippen molar-refractivity contribution in [3.63, 3.8) is 0 Å². The molecule has 2 atom stereocenters. The van der Waals surface area contributed by atoms with E-state index in [2.05, 4.69) is 10.4 Å². The number of carboxylic acid groups (broad SMARTS) is 1. The fourth-order valence-electron chi connectivity index (χ4n) is 4.61. The molecule has 9 nitrogen and oxygen atoms in total. The minimum absolute atomic E-state index is 0.0936. The number of rotatable bonds is 15. The van der Waals surface area contributed by atoms with Crippen molar-refractivity contribution in [1.29, 1.82) is 0 Å². The Morgan fingerprint density at radius 2 is 1.77 bits per heavy atom. The smallest absolute Gasteiger partial charge is 0.305 e. The van der Waals surface area contributed by atoms with Crippen molar-refractivity contribution in [2.45, 2.75) is 77.7 Å². The number of aliphatic carboxylic acids is 1. The van der Waals surface area contributed by atoms with Gasteiger partial charge in [0.1, 0.15) is 5.82 Å². The highest BCUT2D eigenvalue weighted by atomic mass is 19.1. The van der Waals surface area contributed by atoms with Crippen LogP contribution >= 0.6 is 0 Å². The monoisotopic (exact) mass is 555 g/mol. The molecular formula is C30H38FN3O6. The summed E-state index contributed by atoms with van der Waals surface area (Å²) in [5, 5.41) is 36.9. The number of ether oxygens (including phenoxy) is 1. The van der Waals surface area contributed by atoms with E-state index in [4.69, 9.17) is 9.84 Å². The van der Waals surface area contributed by atoms with E-state index in [1.807, 2.05) is 45.0 Å². The minimum atomic E-state index is -1.17. The number of aliphatic hydroxyl groups is 2. The van der Waals surface area contributed by atoms with Gasteiger partial charge in [-0.05, 0) is 67.5 Å². The summed E-state index contributed by atoms with van der Waals surface area (Å²) in [5.41, 5.74) is 4.09. The summed E-state index contributed by atoms with van der Waals surface area (Å²) in [5.74, 6) is -2.02. The molecule has 1 amide bonds. The molecule has 0 saturated heterocycles. The van der Waals surface area contributed by atoms with Gasteiger partial charge in [0.2, 0.25) is 0 Å². The lowest BCUT2D eigenvalue weighted by molar-refractivity contribution is -0.139. The Bertz CT molecular complexity index is 1270. The molecule has 40 heavy (non-hydrogen) atoms. The average molecular weight is 556 g/mol. The second-order valence-corrected chi connectivity index (χ2v) is 10.1. The van der Waals surface area contributed by atoms with E-state index in [0.29, 0.717) is 36.6 Å². The van der Waals surface area contributed by atoms with Crippen LogP contribution in [0.1, 0.15) is 78.8 Å². The van der Waals surface area contributed by atoms with Gasteiger partial charge in [0, 0.05) is 24.4 Å². The largest absolute Gasteiger partial charge is 0.481 e. The van der Waals surface area contributed by atoms with Crippen LogP contribution in [0.3, 0.4) is 0 Å². The Morgan fingerprint density at radius 3 is 2.42 bits per heavy atom. The second kappa shape index (κ2) is 14.7. The fourth-order valence-corrected chi connectivity index (χ4v) is 4.61. The van der Waals surface area contributed by atoms with E-state index in [0.717, 1.165) is 11.1 Å². The minimum Gasteiger partial charge on any atom is -0.481 e. The highest BCUT2D eigenvalue weighted by Crippen LogP contribution is 2.28. The fraction of sp³-hybridized carbons (Fsp3) is 0.433. The van der Waals surface area contributed by atoms with Crippen molar-refractivity contribution < 1.29 is 34.0 Å². The van der Waals surface area contributed by atoms with E-state index >= 15 is 0 Å². The molecule has 216 valence electrons. The number of nitrogens with one attached hydrogen (secondary N) is 1. The Labute approximate surface area is 233 Å². The Hall–Kier alpha value is -3.60. The molecular weight excluding hydrogens is 517 g/mol.